The van der Waals surface area contributed by atoms with Gasteiger partial charge in [0.25, 0.3) is 0 Å². The molecule has 1 fully saturated rings. The van der Waals surface area contributed by atoms with Gasteiger partial charge in [-0.15, -0.1) is 0 Å². The summed E-state index contributed by atoms with van der Waals surface area (Å²) < 4.78 is 0. The highest BCUT2D eigenvalue weighted by Gasteiger charge is 2.25. The molecule has 4 nitrogen and oxygen atoms in total. The fourth-order valence-corrected chi connectivity index (χ4v) is 1.78. The summed E-state index contributed by atoms with van der Waals surface area (Å²) in [5.74, 6) is 1.85. The smallest absolute Gasteiger partial charge is 0.222 e. The molecule has 0 aromatic carbocycles. The molecule has 2 rings (SSSR count). The minimum atomic E-state index is 0.281. The van der Waals surface area contributed by atoms with Gasteiger partial charge in [-0.2, -0.15) is 4.98 Å². The molecule has 1 saturated carbocycles. The molecule has 1 aromatic heterocycles. The van der Waals surface area contributed by atoms with Gasteiger partial charge in [-0.05, 0) is 25.7 Å². The van der Waals surface area contributed by atoms with Crippen LogP contribution in [0.1, 0.15) is 19.8 Å². The number of nitrogens with zero attached hydrogens (tertiary/aromatic N) is 3. The van der Waals surface area contributed by atoms with Crippen molar-refractivity contribution in [2.24, 2.45) is 5.92 Å². The Hall–Kier alpha value is -1.03. The highest BCUT2D eigenvalue weighted by Crippen LogP contribution is 2.32. The monoisotopic (exact) mass is 226 g/mol. The molecule has 0 spiro atoms. The van der Waals surface area contributed by atoms with Crippen molar-refractivity contribution in [3.8, 4) is 0 Å². The molecule has 0 unspecified atom stereocenters. The maximum atomic E-state index is 6.05. The zero-order valence-corrected chi connectivity index (χ0v) is 9.54. The van der Waals surface area contributed by atoms with Crippen molar-refractivity contribution in [3.05, 3.63) is 11.2 Å². The summed E-state index contributed by atoms with van der Waals surface area (Å²) in [7, 11) is 0. The van der Waals surface area contributed by atoms with Crippen LogP contribution in [0.15, 0.2) is 6.20 Å². The standard InChI is InChI=1S/C10H15ClN4/c1-2-15(6-7-3-4-7)9-8(11)5-13-10(12)14-9/h5,7H,2-4,6H2,1H3,(H2,12,13,14). The lowest BCUT2D eigenvalue weighted by molar-refractivity contribution is 0.731. The van der Waals surface area contributed by atoms with Gasteiger partial charge in [0, 0.05) is 13.1 Å². The summed E-state index contributed by atoms with van der Waals surface area (Å²) in [6.07, 6.45) is 4.19. The van der Waals surface area contributed by atoms with Crippen LogP contribution in [0.4, 0.5) is 11.8 Å². The van der Waals surface area contributed by atoms with Gasteiger partial charge in [-0.25, -0.2) is 4.98 Å². The summed E-state index contributed by atoms with van der Waals surface area (Å²) in [5.41, 5.74) is 5.56. The fourth-order valence-electron chi connectivity index (χ4n) is 1.57. The van der Waals surface area contributed by atoms with E-state index in [-0.39, 0.29) is 5.95 Å². The number of aromatic nitrogens is 2. The second-order valence-corrected chi connectivity index (χ2v) is 4.29. The summed E-state index contributed by atoms with van der Waals surface area (Å²) in [5, 5.41) is 0.576. The number of nitrogens with two attached hydrogens (primary N) is 1. The van der Waals surface area contributed by atoms with Crippen molar-refractivity contribution < 1.29 is 0 Å². The van der Waals surface area contributed by atoms with E-state index in [1.165, 1.54) is 12.8 Å². The quantitative estimate of drug-likeness (QED) is 0.853. The lowest BCUT2D eigenvalue weighted by Crippen LogP contribution is -2.26. The molecule has 1 aliphatic rings. The van der Waals surface area contributed by atoms with E-state index in [0.29, 0.717) is 5.02 Å². The summed E-state index contributed by atoms with van der Waals surface area (Å²) in [4.78, 5) is 10.2. The first kappa shape index (κ1) is 10.5. The molecule has 1 aliphatic carbocycles. The van der Waals surface area contributed by atoms with Crippen LogP contribution in [0.5, 0.6) is 0 Å². The van der Waals surface area contributed by atoms with Gasteiger partial charge in [0.05, 0.1) is 6.20 Å². The molecule has 0 bridgehead atoms. The van der Waals surface area contributed by atoms with Gasteiger partial charge >= 0.3 is 0 Å². The van der Waals surface area contributed by atoms with E-state index >= 15 is 0 Å². The molecule has 2 N–H and O–H groups in total. The molecular formula is C10H15ClN4. The molecule has 0 amide bonds. The van der Waals surface area contributed by atoms with E-state index in [1.807, 2.05) is 0 Å². The number of anilines is 2. The van der Waals surface area contributed by atoms with E-state index in [2.05, 4.69) is 21.8 Å². The maximum absolute atomic E-state index is 6.05. The SMILES string of the molecule is CCN(CC1CC1)c1nc(N)ncc1Cl. The number of halogens is 1. The van der Waals surface area contributed by atoms with E-state index in [4.69, 9.17) is 17.3 Å². The molecular weight excluding hydrogens is 212 g/mol. The Kier molecular flexibility index (Phi) is 2.95. The van der Waals surface area contributed by atoms with Crippen molar-refractivity contribution in [2.45, 2.75) is 19.8 Å². The Morgan fingerprint density at radius 2 is 2.33 bits per heavy atom. The zero-order chi connectivity index (χ0) is 10.8. The van der Waals surface area contributed by atoms with Crippen molar-refractivity contribution in [1.82, 2.24) is 9.97 Å². The van der Waals surface area contributed by atoms with Gasteiger partial charge in [0.1, 0.15) is 5.02 Å². The first-order valence-corrected chi connectivity index (χ1v) is 5.61. The Morgan fingerprint density at radius 3 is 2.93 bits per heavy atom. The fraction of sp³-hybridized carbons (Fsp3) is 0.600. The van der Waals surface area contributed by atoms with Crippen molar-refractivity contribution in [2.75, 3.05) is 23.7 Å². The minimum absolute atomic E-state index is 0.281. The van der Waals surface area contributed by atoms with Crippen LogP contribution in [0.25, 0.3) is 0 Å². The third-order valence-electron chi connectivity index (χ3n) is 2.60. The average Bonchev–Trinajstić information content (AvgIpc) is 3.02. The summed E-state index contributed by atoms with van der Waals surface area (Å²) in [6, 6.07) is 0. The van der Waals surface area contributed by atoms with Crippen molar-refractivity contribution in [1.29, 1.82) is 0 Å². The van der Waals surface area contributed by atoms with Crippen LogP contribution in [-0.4, -0.2) is 23.1 Å². The van der Waals surface area contributed by atoms with Crippen LogP contribution >= 0.6 is 11.6 Å². The van der Waals surface area contributed by atoms with E-state index in [0.717, 1.165) is 24.8 Å². The highest BCUT2D eigenvalue weighted by molar-refractivity contribution is 6.32. The van der Waals surface area contributed by atoms with Gasteiger partial charge in [0.2, 0.25) is 5.95 Å². The lowest BCUT2D eigenvalue weighted by atomic mass is 10.3. The van der Waals surface area contributed by atoms with Crippen LogP contribution in [-0.2, 0) is 0 Å². The van der Waals surface area contributed by atoms with Crippen LogP contribution in [0.3, 0.4) is 0 Å². The second kappa shape index (κ2) is 4.23. The number of nitrogen functional groups attached to an aromatic ring is 1. The van der Waals surface area contributed by atoms with Crippen LogP contribution in [0.2, 0.25) is 5.02 Å². The Morgan fingerprint density at radius 1 is 1.60 bits per heavy atom. The number of rotatable bonds is 4. The Bertz CT molecular complexity index is 351. The third-order valence-corrected chi connectivity index (χ3v) is 2.87. The molecule has 0 aliphatic heterocycles. The predicted molar refractivity (Wildman–Crippen MR) is 62.1 cm³/mol. The largest absolute Gasteiger partial charge is 0.368 e. The number of hydrogen-bond acceptors (Lipinski definition) is 4. The van der Waals surface area contributed by atoms with Gasteiger partial charge in [-0.3, -0.25) is 0 Å². The minimum Gasteiger partial charge on any atom is -0.368 e. The van der Waals surface area contributed by atoms with Gasteiger partial charge < -0.3 is 10.6 Å². The molecule has 0 radical (unpaired) electrons. The molecule has 82 valence electrons. The normalized spacial score (nSPS) is 15.3. The first-order valence-electron chi connectivity index (χ1n) is 5.23. The Balaban J connectivity index is 2.19. The summed E-state index contributed by atoms with van der Waals surface area (Å²) >= 11 is 6.05. The molecule has 0 saturated heterocycles. The average molecular weight is 227 g/mol. The van der Waals surface area contributed by atoms with E-state index in [1.54, 1.807) is 6.20 Å². The number of hydrogen-bond donors (Lipinski definition) is 1. The molecule has 1 heterocycles. The molecule has 15 heavy (non-hydrogen) atoms. The van der Waals surface area contributed by atoms with Crippen LogP contribution < -0.4 is 10.6 Å². The van der Waals surface area contributed by atoms with Gasteiger partial charge in [-0.1, -0.05) is 11.6 Å². The third kappa shape index (κ3) is 2.50. The molecule has 0 atom stereocenters. The van der Waals surface area contributed by atoms with E-state index < -0.39 is 0 Å². The Labute approximate surface area is 94.5 Å². The van der Waals surface area contributed by atoms with Crippen molar-refractivity contribution in [3.63, 3.8) is 0 Å². The predicted octanol–water partition coefficient (Wildman–Crippen LogP) is 1.95. The molecule has 1 aromatic rings. The van der Waals surface area contributed by atoms with E-state index in [9.17, 15) is 0 Å². The zero-order valence-electron chi connectivity index (χ0n) is 8.78. The highest BCUT2D eigenvalue weighted by atomic mass is 35.5. The van der Waals surface area contributed by atoms with Crippen LogP contribution in [0, 0.1) is 5.92 Å². The van der Waals surface area contributed by atoms with Crippen molar-refractivity contribution >= 4 is 23.4 Å². The van der Waals surface area contributed by atoms with Gasteiger partial charge in [0.15, 0.2) is 5.82 Å². The topological polar surface area (TPSA) is 55.0 Å². The lowest BCUT2D eigenvalue weighted by Gasteiger charge is -2.22. The summed E-state index contributed by atoms with van der Waals surface area (Å²) in [6.45, 7) is 4.01. The maximum Gasteiger partial charge on any atom is 0.222 e. The second-order valence-electron chi connectivity index (χ2n) is 3.88. The molecule has 5 heteroatoms. The first-order chi connectivity index (χ1) is 7.20.